The van der Waals surface area contributed by atoms with Gasteiger partial charge in [-0.2, -0.15) is 4.31 Å². The summed E-state index contributed by atoms with van der Waals surface area (Å²) < 4.78 is 26.6. The van der Waals surface area contributed by atoms with Crippen molar-refractivity contribution in [3.63, 3.8) is 0 Å². The van der Waals surface area contributed by atoms with Gasteiger partial charge in [0.1, 0.15) is 0 Å². The highest BCUT2D eigenvalue weighted by Crippen LogP contribution is 2.23. The Labute approximate surface area is 192 Å². The molecule has 0 fully saturated rings. The van der Waals surface area contributed by atoms with Gasteiger partial charge in [-0.15, -0.1) is 11.8 Å². The number of rotatable bonds is 8. The van der Waals surface area contributed by atoms with Crippen LogP contribution >= 0.6 is 11.8 Å². The van der Waals surface area contributed by atoms with E-state index in [2.05, 4.69) is 10.9 Å². The Kier molecular flexibility index (Phi) is 7.89. The number of sulfonamides is 1. The molecule has 0 aliphatic carbocycles. The van der Waals surface area contributed by atoms with Crippen molar-refractivity contribution in [3.8, 4) is 0 Å². The molecule has 3 aromatic carbocycles. The second-order valence-electron chi connectivity index (χ2n) is 6.92. The van der Waals surface area contributed by atoms with E-state index >= 15 is 0 Å². The van der Waals surface area contributed by atoms with Gasteiger partial charge in [-0.25, -0.2) is 8.42 Å². The first-order valence-electron chi connectivity index (χ1n) is 10.2. The van der Waals surface area contributed by atoms with E-state index in [4.69, 9.17) is 0 Å². The van der Waals surface area contributed by atoms with E-state index in [9.17, 15) is 18.0 Å². The van der Waals surface area contributed by atoms with Crippen molar-refractivity contribution in [2.75, 3.05) is 18.8 Å². The van der Waals surface area contributed by atoms with E-state index in [-0.39, 0.29) is 22.1 Å². The number of hydrogen-bond donors (Lipinski definition) is 2. The predicted octanol–water partition coefficient (Wildman–Crippen LogP) is 3.42. The predicted molar refractivity (Wildman–Crippen MR) is 127 cm³/mol. The third-order valence-corrected chi connectivity index (χ3v) is 7.89. The second kappa shape index (κ2) is 10.6. The molecule has 3 aromatic rings. The maximum absolute atomic E-state index is 12.7. The average molecular weight is 472 g/mol. The zero-order valence-electron chi connectivity index (χ0n) is 17.9. The molecule has 0 radical (unpaired) electrons. The highest BCUT2D eigenvalue weighted by atomic mass is 32.2. The topological polar surface area (TPSA) is 95.6 Å². The van der Waals surface area contributed by atoms with E-state index < -0.39 is 15.9 Å². The molecule has 0 aliphatic heterocycles. The lowest BCUT2D eigenvalue weighted by molar-refractivity contribution is -0.119. The van der Waals surface area contributed by atoms with E-state index in [1.807, 2.05) is 42.5 Å². The van der Waals surface area contributed by atoms with Crippen LogP contribution in [0.4, 0.5) is 0 Å². The molecule has 0 bridgehead atoms. The van der Waals surface area contributed by atoms with Crippen LogP contribution in [0.15, 0.2) is 76.5 Å². The summed E-state index contributed by atoms with van der Waals surface area (Å²) in [5.41, 5.74) is 4.85. The van der Waals surface area contributed by atoms with E-state index in [0.717, 1.165) is 15.7 Å². The molecule has 9 heteroatoms. The Morgan fingerprint density at radius 2 is 1.59 bits per heavy atom. The number of nitrogens with zero attached hydrogens (tertiary/aromatic N) is 1. The maximum atomic E-state index is 12.7. The van der Waals surface area contributed by atoms with Gasteiger partial charge in [0.2, 0.25) is 15.9 Å². The maximum Gasteiger partial charge on any atom is 0.269 e. The van der Waals surface area contributed by atoms with Crippen molar-refractivity contribution in [2.45, 2.75) is 23.6 Å². The number of thioether (sulfide) groups is 1. The van der Waals surface area contributed by atoms with Crippen LogP contribution in [0.5, 0.6) is 0 Å². The fourth-order valence-corrected chi connectivity index (χ4v) is 5.40. The molecule has 3 rings (SSSR count). The number of carbonyl (C=O) groups is 2. The zero-order valence-corrected chi connectivity index (χ0v) is 19.5. The summed E-state index contributed by atoms with van der Waals surface area (Å²) >= 11 is 1.36. The molecule has 32 heavy (non-hydrogen) atoms. The van der Waals surface area contributed by atoms with Gasteiger partial charge in [0.25, 0.3) is 5.91 Å². The number of amides is 2. The van der Waals surface area contributed by atoms with Crippen LogP contribution in [-0.2, 0) is 14.8 Å². The first-order chi connectivity index (χ1) is 15.3. The molecule has 0 unspecified atom stereocenters. The van der Waals surface area contributed by atoms with Gasteiger partial charge in [-0.1, -0.05) is 50.2 Å². The summed E-state index contributed by atoms with van der Waals surface area (Å²) in [5, 5.41) is 2.21. The quantitative estimate of drug-likeness (QED) is 0.388. The van der Waals surface area contributed by atoms with Crippen LogP contribution in [0.1, 0.15) is 24.2 Å². The van der Waals surface area contributed by atoms with E-state index in [0.29, 0.717) is 13.1 Å². The number of nitrogens with one attached hydrogen (secondary N) is 2. The normalized spacial score (nSPS) is 11.5. The summed E-state index contributed by atoms with van der Waals surface area (Å²) in [7, 11) is -3.68. The van der Waals surface area contributed by atoms with Gasteiger partial charge in [-0.3, -0.25) is 20.4 Å². The fraction of sp³-hybridized carbons (Fsp3) is 0.217. The fourth-order valence-electron chi connectivity index (χ4n) is 3.15. The van der Waals surface area contributed by atoms with Crippen LogP contribution in [0.3, 0.4) is 0 Å². The first kappa shape index (κ1) is 23.8. The Morgan fingerprint density at radius 3 is 2.31 bits per heavy atom. The Balaban J connectivity index is 1.57. The van der Waals surface area contributed by atoms with Crippen molar-refractivity contribution in [2.24, 2.45) is 0 Å². The molecule has 168 valence electrons. The van der Waals surface area contributed by atoms with Crippen molar-refractivity contribution in [1.29, 1.82) is 0 Å². The third kappa shape index (κ3) is 5.67. The molecule has 0 aromatic heterocycles. The molecular weight excluding hydrogens is 446 g/mol. The van der Waals surface area contributed by atoms with Crippen molar-refractivity contribution < 1.29 is 18.0 Å². The van der Waals surface area contributed by atoms with Crippen LogP contribution in [0.2, 0.25) is 0 Å². The standard InChI is InChI=1S/C23H25N3O4S2/c1-3-26(4-2)32(29,30)21-11-7-10-19(15-21)23(28)25-24-22(27)16-31-20-13-12-17-8-5-6-9-18(17)14-20/h5-15H,3-4,16H2,1-2H3,(H,24,27)(H,25,28). The average Bonchev–Trinajstić information content (AvgIpc) is 2.81. The van der Waals surface area contributed by atoms with Crippen molar-refractivity contribution >= 4 is 44.4 Å². The van der Waals surface area contributed by atoms with Gasteiger partial charge in [0.05, 0.1) is 10.6 Å². The minimum Gasteiger partial charge on any atom is -0.272 e. The third-order valence-electron chi connectivity index (χ3n) is 4.85. The minimum atomic E-state index is -3.68. The highest BCUT2D eigenvalue weighted by Gasteiger charge is 2.22. The number of carbonyl (C=O) groups excluding carboxylic acids is 2. The minimum absolute atomic E-state index is 0.0343. The zero-order chi connectivity index (χ0) is 23.1. The number of hydrogen-bond acceptors (Lipinski definition) is 5. The van der Waals surface area contributed by atoms with Crippen molar-refractivity contribution in [3.05, 3.63) is 72.3 Å². The van der Waals surface area contributed by atoms with Crippen LogP contribution in [-0.4, -0.2) is 43.4 Å². The lowest BCUT2D eigenvalue weighted by Crippen LogP contribution is -2.42. The smallest absolute Gasteiger partial charge is 0.269 e. The second-order valence-corrected chi connectivity index (χ2v) is 9.90. The first-order valence-corrected chi connectivity index (χ1v) is 12.6. The van der Waals surface area contributed by atoms with Gasteiger partial charge in [0.15, 0.2) is 0 Å². The van der Waals surface area contributed by atoms with Crippen LogP contribution < -0.4 is 10.9 Å². The molecule has 7 nitrogen and oxygen atoms in total. The van der Waals surface area contributed by atoms with E-state index in [1.165, 1.54) is 40.3 Å². The van der Waals surface area contributed by atoms with Gasteiger partial charge < -0.3 is 0 Å². The monoisotopic (exact) mass is 471 g/mol. The SMILES string of the molecule is CCN(CC)S(=O)(=O)c1cccc(C(=O)NNC(=O)CSc2ccc3ccccc3c2)c1. The summed E-state index contributed by atoms with van der Waals surface area (Å²) in [6.45, 7) is 4.17. The Bertz CT molecular complexity index is 1220. The molecule has 0 heterocycles. The lowest BCUT2D eigenvalue weighted by atomic mass is 10.1. The number of fused-ring (bicyclic) bond motifs is 1. The van der Waals surface area contributed by atoms with Crippen LogP contribution in [0.25, 0.3) is 10.8 Å². The highest BCUT2D eigenvalue weighted by molar-refractivity contribution is 8.00. The molecular formula is C23H25N3O4S2. The number of benzene rings is 3. The largest absolute Gasteiger partial charge is 0.272 e. The molecule has 2 N–H and O–H groups in total. The summed E-state index contributed by atoms with van der Waals surface area (Å²) in [5.74, 6) is -0.844. The summed E-state index contributed by atoms with van der Waals surface area (Å²) in [4.78, 5) is 25.6. The molecule has 2 amide bonds. The molecule has 0 saturated heterocycles. The summed E-state index contributed by atoms with van der Waals surface area (Å²) in [6.07, 6.45) is 0. The molecule has 0 aliphatic rings. The van der Waals surface area contributed by atoms with Gasteiger partial charge >= 0.3 is 0 Å². The van der Waals surface area contributed by atoms with Gasteiger partial charge in [-0.05, 0) is 41.1 Å². The molecule has 0 saturated carbocycles. The lowest BCUT2D eigenvalue weighted by Gasteiger charge is -2.18. The van der Waals surface area contributed by atoms with Crippen molar-refractivity contribution in [1.82, 2.24) is 15.2 Å². The molecule has 0 atom stereocenters. The van der Waals surface area contributed by atoms with Crippen LogP contribution in [0, 0.1) is 0 Å². The van der Waals surface area contributed by atoms with Gasteiger partial charge in [0, 0.05) is 23.5 Å². The summed E-state index contributed by atoms with van der Waals surface area (Å²) in [6, 6.07) is 19.7. The van der Waals surface area contributed by atoms with E-state index in [1.54, 1.807) is 13.8 Å². The Hall–Kier alpha value is -2.88. The number of hydrazine groups is 1. The molecule has 0 spiro atoms. The Morgan fingerprint density at radius 1 is 0.875 bits per heavy atom.